The van der Waals surface area contributed by atoms with E-state index >= 15 is 0 Å². The first-order valence-electron chi connectivity index (χ1n) is 32.5. The Labute approximate surface area is 623 Å². The van der Waals surface area contributed by atoms with E-state index in [9.17, 15) is 0 Å². The zero-order chi connectivity index (χ0) is 66.6. The van der Waals surface area contributed by atoms with Gasteiger partial charge in [0.25, 0.3) is 0 Å². The van der Waals surface area contributed by atoms with Gasteiger partial charge in [-0.3, -0.25) is 0 Å². The Balaban J connectivity index is 0.000000183. The molecule has 0 N–H and O–H groups in total. The van der Waals surface area contributed by atoms with Gasteiger partial charge in [-0.05, 0) is 171 Å². The van der Waals surface area contributed by atoms with Crippen LogP contribution in [0.1, 0.15) is 89.0 Å². The second-order valence-electron chi connectivity index (χ2n) is 24.1. The summed E-state index contributed by atoms with van der Waals surface area (Å²) in [5.41, 5.74) is 33.1. The van der Waals surface area contributed by atoms with Gasteiger partial charge in [0.05, 0.1) is 0 Å². The first-order valence-corrected chi connectivity index (χ1v) is 32.5. The molecule has 0 amide bonds. The molecule has 0 aliphatic rings. The van der Waals surface area contributed by atoms with Crippen molar-refractivity contribution >= 4 is 24.3 Å². The van der Waals surface area contributed by atoms with Crippen LogP contribution in [0.5, 0.6) is 0 Å². The summed E-state index contributed by atoms with van der Waals surface area (Å²) in [7, 11) is 0. The van der Waals surface area contributed by atoms with Crippen LogP contribution in [0.2, 0.25) is 0 Å². The summed E-state index contributed by atoms with van der Waals surface area (Å²) in [5, 5.41) is 0. The fraction of sp³-hybridized carbons (Fsp3) is 0.128. The van der Waals surface area contributed by atoms with E-state index in [-0.39, 0.29) is 62.2 Å². The minimum Gasteiger partial charge on any atom is -0.226 e. The van der Waals surface area contributed by atoms with Crippen molar-refractivity contribution < 1.29 is 62.2 Å². The van der Waals surface area contributed by atoms with Gasteiger partial charge in [0.15, 0.2) is 0 Å². The first-order chi connectivity index (χ1) is 45.6. The van der Waals surface area contributed by atoms with Gasteiger partial charge in [-0.1, -0.05) is 254 Å². The van der Waals surface area contributed by atoms with Gasteiger partial charge >= 0.3 is 62.2 Å². The van der Waals surface area contributed by atoms with Crippen molar-refractivity contribution in [1.82, 2.24) is 0 Å². The van der Waals surface area contributed by atoms with Crippen LogP contribution in [0, 0.1) is 170 Å². The van der Waals surface area contributed by atoms with Crippen LogP contribution in [-0.4, -0.2) is 0 Å². The fourth-order valence-corrected chi connectivity index (χ4v) is 10.3. The monoisotopic (exact) mass is 1690 g/mol. The van der Waals surface area contributed by atoms with Crippen LogP contribution in [0.25, 0.3) is 79.9 Å². The van der Waals surface area contributed by atoms with E-state index in [4.69, 9.17) is 0 Å². The van der Waals surface area contributed by atoms with Crippen LogP contribution in [0.15, 0.2) is 291 Å². The molecule has 0 aliphatic heterocycles. The molecular weight excluding hydrogens is 1610 g/mol. The molecule has 13 aromatic rings. The molecule has 0 radical (unpaired) electrons. The molecule has 0 saturated carbocycles. The molecule has 0 aliphatic carbocycles. The van der Waals surface area contributed by atoms with Gasteiger partial charge in [0.1, 0.15) is 0 Å². The van der Waals surface area contributed by atoms with Gasteiger partial charge < -0.3 is 0 Å². The molecule has 13 rings (SSSR count). The molecule has 0 fully saturated rings. The van der Waals surface area contributed by atoms with Crippen molar-refractivity contribution in [1.29, 1.82) is 0 Å². The predicted octanol–water partition coefficient (Wildman–Crippen LogP) is 25.7. The van der Waals surface area contributed by atoms with Crippen molar-refractivity contribution in [2.75, 3.05) is 0 Å². The Kier molecular flexibility index (Phi) is 31.9. The molecule has 0 aromatic heterocycles. The van der Waals surface area contributed by atoms with E-state index in [1.807, 2.05) is 66.7 Å². The molecule has 0 saturated heterocycles. The topological polar surface area (TPSA) is 0 Å². The van der Waals surface area contributed by atoms with E-state index < -0.39 is 0 Å². The van der Waals surface area contributed by atoms with Crippen LogP contribution in [0.4, 0.5) is 0 Å². The summed E-state index contributed by atoms with van der Waals surface area (Å²) in [4.78, 5) is 0. The summed E-state index contributed by atoms with van der Waals surface area (Å²) < 4.78 is 0. The third-order valence-electron chi connectivity index (χ3n) is 16.8. The molecule has 0 heterocycles. The van der Waals surface area contributed by atoms with Crippen molar-refractivity contribution in [3.63, 3.8) is 0 Å². The first kappa shape index (κ1) is 76.5. The van der Waals surface area contributed by atoms with Crippen LogP contribution < -0.4 is 0 Å². The third kappa shape index (κ3) is 24.6. The average molecular weight is 1690 g/mol. The van der Waals surface area contributed by atoms with E-state index in [1.165, 1.54) is 122 Å². The second kappa shape index (κ2) is 40.1. The van der Waals surface area contributed by atoms with Crippen molar-refractivity contribution in [3.8, 4) is 55.6 Å². The number of benzene rings is 13. The van der Waals surface area contributed by atoms with E-state index in [2.05, 4.69) is 356 Å². The van der Waals surface area contributed by atoms with Gasteiger partial charge in [0, 0.05) is 0 Å². The van der Waals surface area contributed by atoms with Crippen LogP contribution in [0.3, 0.4) is 0 Å². The number of rotatable bonds is 9. The maximum atomic E-state index is 3.37. The maximum Gasteiger partial charge on any atom is 2.00 e. The van der Waals surface area contributed by atoms with E-state index in [1.54, 1.807) is 0 Å². The van der Waals surface area contributed by atoms with Crippen molar-refractivity contribution in [2.24, 2.45) is 0 Å². The van der Waals surface area contributed by atoms with Gasteiger partial charge in [0.2, 0.25) is 0 Å². The smallest absolute Gasteiger partial charge is 0.226 e. The Morgan fingerprint density at radius 2 is 0.500 bits per heavy atom. The summed E-state index contributed by atoms with van der Waals surface area (Å²) in [6, 6.07) is 114. The standard InChI is InChI=1S/C21H18.C17H18.C15H16.C15H14.C13H12.C13H10.2U/c1-15-13-21(14-16(2)17(15)3)20-11-9-19(10-12-20)18-7-5-4-6-8-18;1-13-11-17(12-14(2)15(13)3)10-9-16-7-5-4-6-8-16;1-11-9-15(10-12(2)13(11)3)14-7-5-4-6-8-14;1-13-7-9-15(10-8-13)12-11-14-5-3-2-4-6-14;2*1-11-7-9-13(10-8-11)12-5-3-2-4-6-12;;/h4-7,9,11-14H,1-3H3;4-12H,1-3H3;4-10H,1-3H3;2-12H,1H3;2-10H,1H3;2-5,7-9H,1H3;;/q-2;;;;;-2;2*+2/b;10-9+;;12-11+;;;;. The molecule has 13 aromatic carbocycles. The molecule has 0 bridgehead atoms. The Bertz CT molecular complexity index is 4290. The molecular formula is C94H88U2. The van der Waals surface area contributed by atoms with Gasteiger partial charge in [-0.25, -0.2) is 22.3 Å². The summed E-state index contributed by atoms with van der Waals surface area (Å²) in [6.45, 7) is 25.8. The molecule has 0 unspecified atom stereocenters. The van der Waals surface area contributed by atoms with Crippen LogP contribution in [-0.2, 0) is 0 Å². The zero-order valence-corrected chi connectivity index (χ0v) is 66.3. The van der Waals surface area contributed by atoms with Gasteiger partial charge in [-0.15, -0.1) is 35.4 Å². The second-order valence-corrected chi connectivity index (χ2v) is 24.1. The Morgan fingerprint density at radius 3 is 0.875 bits per heavy atom. The summed E-state index contributed by atoms with van der Waals surface area (Å²) >= 11 is 0. The summed E-state index contributed by atoms with van der Waals surface area (Å²) in [6.07, 6.45) is 8.60. The van der Waals surface area contributed by atoms with Crippen molar-refractivity contribution in [2.45, 2.75) is 83.1 Å². The number of aryl methyl sites for hydroxylation is 9. The number of hydrogen-bond acceptors (Lipinski definition) is 0. The normalized spacial score (nSPS) is 10.2. The molecule has 0 atom stereocenters. The minimum atomic E-state index is 0. The fourth-order valence-electron chi connectivity index (χ4n) is 10.3. The molecule has 96 heavy (non-hydrogen) atoms. The summed E-state index contributed by atoms with van der Waals surface area (Å²) in [5.74, 6) is 0. The molecule has 2 heteroatoms. The van der Waals surface area contributed by atoms with Crippen molar-refractivity contribution in [3.05, 3.63) is 404 Å². The third-order valence-corrected chi connectivity index (χ3v) is 16.8. The molecule has 0 nitrogen and oxygen atoms in total. The minimum absolute atomic E-state index is 0. The largest absolute Gasteiger partial charge is 2.00 e. The quantitative estimate of drug-likeness (QED) is 0.0998. The maximum absolute atomic E-state index is 3.37. The number of hydrogen-bond donors (Lipinski definition) is 0. The Hall–Kier alpha value is -8.56. The van der Waals surface area contributed by atoms with Gasteiger partial charge in [-0.2, -0.15) is 84.9 Å². The van der Waals surface area contributed by atoms with E-state index in [0.717, 1.165) is 22.3 Å². The predicted molar refractivity (Wildman–Crippen MR) is 409 cm³/mol. The average Bonchev–Trinajstić information content (AvgIpc) is 0.887. The SMILES string of the molecule is Cc1c[c-]c(-c2[c-]cccc2)cc1.Cc1cc(-c2c[c-]c(-c3[c-]cccc3)cc2)cc(C)c1C.Cc1cc(-c2ccccc2)cc(C)c1C.Cc1cc(/C=C/c2ccccc2)cc(C)c1C.Cc1ccc(-c2ccccc2)cc1.Cc1ccc(/C=C/c2ccccc2)cc1.[U+2].[U+2]. The molecule has 0 spiro atoms. The molecule has 472 valence electrons. The van der Waals surface area contributed by atoms with E-state index in [0.29, 0.717) is 0 Å². The zero-order valence-electron chi connectivity index (χ0n) is 58.0. The van der Waals surface area contributed by atoms with Crippen LogP contribution >= 0.6 is 0 Å². The Morgan fingerprint density at radius 1 is 0.208 bits per heavy atom.